The molecule has 0 unspecified atom stereocenters. The molecular formula is C17H30O5. The van der Waals surface area contributed by atoms with Crippen molar-refractivity contribution in [2.24, 2.45) is 11.8 Å². The molecule has 0 aromatic heterocycles. The van der Waals surface area contributed by atoms with Crippen LogP contribution in [0.15, 0.2) is 0 Å². The molecule has 3 rings (SSSR count). The third-order valence-corrected chi connectivity index (χ3v) is 4.86. The molecule has 0 aromatic carbocycles. The first kappa shape index (κ1) is 18.9. The van der Waals surface area contributed by atoms with E-state index in [1.54, 1.807) is 0 Å². The van der Waals surface area contributed by atoms with Crippen LogP contribution in [0.4, 0.5) is 0 Å². The number of aliphatic hydroxyl groups excluding tert-OH is 1. The van der Waals surface area contributed by atoms with Crippen molar-refractivity contribution in [2.45, 2.75) is 83.8 Å². The third-order valence-electron chi connectivity index (χ3n) is 4.86. The summed E-state index contributed by atoms with van der Waals surface area (Å²) in [4.78, 5) is 21.1. The maximum atomic E-state index is 10.8. The van der Waals surface area contributed by atoms with Gasteiger partial charge in [-0.15, -0.1) is 0 Å². The van der Waals surface area contributed by atoms with Crippen LogP contribution >= 0.6 is 0 Å². The lowest BCUT2D eigenvalue weighted by Gasteiger charge is -2.25. The van der Waals surface area contributed by atoms with Gasteiger partial charge in [-0.2, -0.15) is 0 Å². The summed E-state index contributed by atoms with van der Waals surface area (Å²) in [6, 6.07) is 0. The fourth-order valence-corrected chi connectivity index (χ4v) is 3.64. The number of hydrogen-bond donors (Lipinski definition) is 2. The van der Waals surface area contributed by atoms with E-state index in [2.05, 4.69) is 0 Å². The molecular weight excluding hydrogens is 284 g/mol. The smallest absolute Gasteiger partial charge is 0.306 e. The molecule has 3 fully saturated rings. The zero-order chi connectivity index (χ0) is 15.2. The van der Waals surface area contributed by atoms with Gasteiger partial charge < -0.3 is 14.9 Å². The standard InChI is InChI=1S/C8H14O3.C8H12O2.CH4/c9-7-4-2-1-3-6(7)5-8(10)11;9-8-5-6-3-1-2-4-7(6)10-8;/h6-7,9H,1-5H2,(H,10,11);6-7H,1-5H2;1H4/t2*6-,7+;/m00./s1. The van der Waals surface area contributed by atoms with Gasteiger partial charge in [0.2, 0.25) is 0 Å². The maximum Gasteiger partial charge on any atom is 0.306 e. The van der Waals surface area contributed by atoms with Crippen molar-refractivity contribution in [2.75, 3.05) is 0 Å². The number of aliphatic carboxylic acids is 1. The minimum Gasteiger partial charge on any atom is -0.481 e. The zero-order valence-electron chi connectivity index (χ0n) is 12.5. The second-order valence-electron chi connectivity index (χ2n) is 6.49. The highest BCUT2D eigenvalue weighted by Gasteiger charge is 2.35. The molecule has 0 amide bonds. The Bertz CT molecular complexity index is 352. The van der Waals surface area contributed by atoms with Crippen LogP contribution in [-0.2, 0) is 14.3 Å². The third kappa shape index (κ3) is 5.59. The van der Waals surface area contributed by atoms with Crippen LogP contribution in [0.1, 0.15) is 71.6 Å². The van der Waals surface area contributed by atoms with E-state index in [0.717, 1.165) is 32.1 Å². The average molecular weight is 314 g/mol. The fourth-order valence-electron chi connectivity index (χ4n) is 3.64. The number of fused-ring (bicyclic) bond motifs is 1. The van der Waals surface area contributed by atoms with Gasteiger partial charge >= 0.3 is 11.9 Å². The van der Waals surface area contributed by atoms with Crippen molar-refractivity contribution in [3.05, 3.63) is 0 Å². The first-order valence-corrected chi connectivity index (χ1v) is 8.15. The van der Waals surface area contributed by atoms with Gasteiger partial charge in [0, 0.05) is 5.92 Å². The Hall–Kier alpha value is -1.10. The molecule has 2 saturated carbocycles. The van der Waals surface area contributed by atoms with Crippen molar-refractivity contribution < 1.29 is 24.5 Å². The Balaban J connectivity index is 0.000000211. The van der Waals surface area contributed by atoms with E-state index in [0.29, 0.717) is 18.4 Å². The number of carboxylic acid groups (broad SMARTS) is 1. The minimum atomic E-state index is -0.795. The summed E-state index contributed by atoms with van der Waals surface area (Å²) in [6.45, 7) is 0. The predicted molar refractivity (Wildman–Crippen MR) is 83.4 cm³/mol. The number of rotatable bonds is 2. The number of hydrogen-bond acceptors (Lipinski definition) is 4. The summed E-state index contributed by atoms with van der Waals surface area (Å²) in [5, 5.41) is 17.8. The van der Waals surface area contributed by atoms with Crippen molar-refractivity contribution >= 4 is 11.9 Å². The fraction of sp³-hybridized carbons (Fsp3) is 0.882. The van der Waals surface area contributed by atoms with Gasteiger partial charge in [-0.1, -0.05) is 26.7 Å². The van der Waals surface area contributed by atoms with Gasteiger partial charge in [0.15, 0.2) is 0 Å². The molecule has 22 heavy (non-hydrogen) atoms. The lowest BCUT2D eigenvalue weighted by atomic mass is 9.84. The molecule has 2 N–H and O–H groups in total. The first-order chi connectivity index (χ1) is 10.1. The van der Waals surface area contributed by atoms with E-state index < -0.39 is 5.97 Å². The molecule has 0 spiro atoms. The summed E-state index contributed by atoms with van der Waals surface area (Å²) in [5.41, 5.74) is 0. The van der Waals surface area contributed by atoms with Crippen LogP contribution in [0.2, 0.25) is 0 Å². The van der Waals surface area contributed by atoms with Crippen molar-refractivity contribution in [1.82, 2.24) is 0 Å². The van der Waals surface area contributed by atoms with Gasteiger partial charge in [0.05, 0.1) is 18.9 Å². The molecule has 1 heterocycles. The highest BCUT2D eigenvalue weighted by Crippen LogP contribution is 2.34. The topological polar surface area (TPSA) is 83.8 Å². The van der Waals surface area contributed by atoms with E-state index in [1.165, 1.54) is 19.3 Å². The summed E-state index contributed by atoms with van der Waals surface area (Å²) in [7, 11) is 0. The largest absolute Gasteiger partial charge is 0.481 e. The molecule has 2 aliphatic carbocycles. The van der Waals surface area contributed by atoms with Crippen LogP contribution in [0.5, 0.6) is 0 Å². The van der Waals surface area contributed by atoms with E-state index >= 15 is 0 Å². The first-order valence-electron chi connectivity index (χ1n) is 8.15. The van der Waals surface area contributed by atoms with Crippen LogP contribution in [-0.4, -0.2) is 34.4 Å². The highest BCUT2D eigenvalue weighted by molar-refractivity contribution is 5.72. The van der Waals surface area contributed by atoms with Crippen molar-refractivity contribution in [3.63, 3.8) is 0 Å². The Morgan fingerprint density at radius 1 is 1.09 bits per heavy atom. The van der Waals surface area contributed by atoms with Crippen LogP contribution in [0.3, 0.4) is 0 Å². The number of ether oxygens (including phenoxy) is 1. The van der Waals surface area contributed by atoms with Crippen LogP contribution in [0.25, 0.3) is 0 Å². The summed E-state index contributed by atoms with van der Waals surface area (Å²) in [5.74, 6) is -0.199. The molecule has 5 heteroatoms. The van der Waals surface area contributed by atoms with Crippen LogP contribution < -0.4 is 0 Å². The van der Waals surface area contributed by atoms with E-state index in [-0.39, 0.29) is 31.8 Å². The van der Waals surface area contributed by atoms with E-state index in [1.807, 2.05) is 0 Å². The number of carboxylic acids is 1. The van der Waals surface area contributed by atoms with Gasteiger partial charge in [0.25, 0.3) is 0 Å². The number of carbonyl (C=O) groups excluding carboxylic acids is 1. The summed E-state index contributed by atoms with van der Waals surface area (Å²) in [6.07, 6.45) is 9.32. The molecule has 1 saturated heterocycles. The lowest BCUT2D eigenvalue weighted by Crippen LogP contribution is -2.26. The lowest BCUT2D eigenvalue weighted by molar-refractivity contribution is -0.142. The van der Waals surface area contributed by atoms with Crippen LogP contribution in [0, 0.1) is 11.8 Å². The summed E-state index contributed by atoms with van der Waals surface area (Å²) >= 11 is 0. The van der Waals surface area contributed by atoms with Crippen molar-refractivity contribution in [1.29, 1.82) is 0 Å². The monoisotopic (exact) mass is 314 g/mol. The average Bonchev–Trinajstić information content (AvgIpc) is 2.81. The second-order valence-corrected chi connectivity index (χ2v) is 6.49. The Labute approximate surface area is 133 Å². The SMILES string of the molecule is C.O=C(O)C[C@@H]1CCCC[C@H]1O.O=C1C[C@@H]2CCCC[C@H]2O1. The molecule has 5 nitrogen and oxygen atoms in total. The number of carbonyl (C=O) groups is 2. The highest BCUT2D eigenvalue weighted by atomic mass is 16.5. The minimum absolute atomic E-state index is 0. The zero-order valence-corrected chi connectivity index (χ0v) is 12.5. The van der Waals surface area contributed by atoms with Gasteiger partial charge in [-0.05, 0) is 38.0 Å². The molecule has 128 valence electrons. The summed E-state index contributed by atoms with van der Waals surface area (Å²) < 4.78 is 5.13. The molecule has 0 aromatic rings. The molecule has 0 radical (unpaired) electrons. The normalized spacial score (nSPS) is 33.6. The quantitative estimate of drug-likeness (QED) is 0.765. The number of esters is 1. The number of aliphatic hydroxyl groups is 1. The van der Waals surface area contributed by atoms with Crippen molar-refractivity contribution in [3.8, 4) is 0 Å². The molecule has 0 bridgehead atoms. The Morgan fingerprint density at radius 3 is 2.36 bits per heavy atom. The maximum absolute atomic E-state index is 10.8. The second kappa shape index (κ2) is 9.13. The molecule has 4 atom stereocenters. The predicted octanol–water partition coefficient (Wildman–Crippen LogP) is 3.14. The van der Waals surface area contributed by atoms with Gasteiger partial charge in [-0.25, -0.2) is 0 Å². The van der Waals surface area contributed by atoms with Gasteiger partial charge in [-0.3, -0.25) is 9.59 Å². The van der Waals surface area contributed by atoms with Gasteiger partial charge in [0.1, 0.15) is 6.10 Å². The molecule has 3 aliphatic rings. The Morgan fingerprint density at radius 2 is 1.73 bits per heavy atom. The molecule has 1 aliphatic heterocycles. The van der Waals surface area contributed by atoms with E-state index in [9.17, 15) is 14.7 Å². The Kier molecular flexibility index (Phi) is 7.87. The van der Waals surface area contributed by atoms with E-state index in [4.69, 9.17) is 9.84 Å².